The number of aryl methyl sites for hydroxylation is 3. The third-order valence-electron chi connectivity index (χ3n) is 2.85. The number of hydrogen-bond acceptors (Lipinski definition) is 5. The molecule has 0 atom stereocenters. The second-order valence-corrected chi connectivity index (χ2v) is 5.18. The van der Waals surface area contributed by atoms with Crippen LogP contribution in [-0.4, -0.2) is 19.8 Å². The fourth-order valence-electron chi connectivity index (χ4n) is 1.86. The van der Waals surface area contributed by atoms with E-state index in [1.54, 1.807) is 15.9 Å². The lowest BCUT2D eigenvalue weighted by Gasteiger charge is -2.02. The molecule has 0 amide bonds. The SMILES string of the molecule is Cc1nnc2sc(CCc3ccccc3N)nn12. The van der Waals surface area contributed by atoms with E-state index < -0.39 is 0 Å². The first-order valence-corrected chi connectivity index (χ1v) is 6.57. The Balaban J connectivity index is 1.79. The summed E-state index contributed by atoms with van der Waals surface area (Å²) in [4.78, 5) is 0.850. The van der Waals surface area contributed by atoms with Gasteiger partial charge in [-0.05, 0) is 25.0 Å². The molecule has 92 valence electrons. The summed E-state index contributed by atoms with van der Waals surface area (Å²) in [7, 11) is 0. The van der Waals surface area contributed by atoms with Crippen LogP contribution < -0.4 is 5.73 Å². The van der Waals surface area contributed by atoms with E-state index in [9.17, 15) is 0 Å². The molecular weight excluding hydrogens is 246 g/mol. The highest BCUT2D eigenvalue weighted by atomic mass is 32.1. The Hall–Kier alpha value is -1.95. The Morgan fingerprint density at radius 3 is 2.83 bits per heavy atom. The number of hydrogen-bond donors (Lipinski definition) is 1. The topological polar surface area (TPSA) is 69.1 Å². The van der Waals surface area contributed by atoms with Crippen molar-refractivity contribution in [2.24, 2.45) is 0 Å². The summed E-state index contributed by atoms with van der Waals surface area (Å²) < 4.78 is 1.79. The lowest BCUT2D eigenvalue weighted by atomic mass is 10.1. The van der Waals surface area contributed by atoms with Crippen molar-refractivity contribution in [3.8, 4) is 0 Å². The summed E-state index contributed by atoms with van der Waals surface area (Å²) >= 11 is 1.58. The van der Waals surface area contributed by atoms with Gasteiger partial charge in [0.2, 0.25) is 4.96 Å². The smallest absolute Gasteiger partial charge is 0.234 e. The van der Waals surface area contributed by atoms with Crippen LogP contribution in [0.1, 0.15) is 16.4 Å². The molecule has 2 aromatic heterocycles. The van der Waals surface area contributed by atoms with Gasteiger partial charge >= 0.3 is 0 Å². The highest BCUT2D eigenvalue weighted by Gasteiger charge is 2.09. The predicted octanol–water partition coefficient (Wildman–Crippen LogP) is 1.86. The highest BCUT2D eigenvalue weighted by molar-refractivity contribution is 7.16. The molecule has 0 bridgehead atoms. The summed E-state index contributed by atoms with van der Waals surface area (Å²) in [6.45, 7) is 1.90. The largest absolute Gasteiger partial charge is 0.399 e. The van der Waals surface area contributed by atoms with Crippen LogP contribution in [0.2, 0.25) is 0 Å². The Morgan fingerprint density at radius 2 is 2.06 bits per heavy atom. The zero-order chi connectivity index (χ0) is 12.5. The van der Waals surface area contributed by atoms with Crippen molar-refractivity contribution in [1.82, 2.24) is 19.8 Å². The maximum Gasteiger partial charge on any atom is 0.234 e. The molecule has 0 saturated heterocycles. The molecule has 2 heterocycles. The van der Waals surface area contributed by atoms with Crippen molar-refractivity contribution >= 4 is 22.0 Å². The number of rotatable bonds is 3. The predicted molar refractivity (Wildman–Crippen MR) is 71.7 cm³/mol. The first-order chi connectivity index (χ1) is 8.74. The van der Waals surface area contributed by atoms with Gasteiger partial charge in [0.05, 0.1) is 0 Å². The van der Waals surface area contributed by atoms with Crippen LogP contribution >= 0.6 is 11.3 Å². The molecule has 0 saturated carbocycles. The van der Waals surface area contributed by atoms with Crippen molar-refractivity contribution in [1.29, 1.82) is 0 Å². The van der Waals surface area contributed by atoms with E-state index in [0.717, 1.165) is 34.3 Å². The molecule has 3 aromatic rings. The monoisotopic (exact) mass is 259 g/mol. The molecule has 0 spiro atoms. The Bertz CT molecular complexity index is 685. The lowest BCUT2D eigenvalue weighted by Crippen LogP contribution is -1.97. The number of fused-ring (bicyclic) bond motifs is 1. The normalized spacial score (nSPS) is 11.2. The van der Waals surface area contributed by atoms with Crippen LogP contribution in [0.5, 0.6) is 0 Å². The van der Waals surface area contributed by atoms with Gasteiger partial charge in [0, 0.05) is 12.1 Å². The van der Waals surface area contributed by atoms with E-state index in [4.69, 9.17) is 5.73 Å². The summed E-state index contributed by atoms with van der Waals surface area (Å²) in [6, 6.07) is 7.94. The molecule has 0 fully saturated rings. The Kier molecular flexibility index (Phi) is 2.71. The average Bonchev–Trinajstić information content (AvgIpc) is 2.91. The number of aromatic nitrogens is 4. The van der Waals surface area contributed by atoms with Gasteiger partial charge in [-0.15, -0.1) is 10.2 Å². The van der Waals surface area contributed by atoms with E-state index in [0.29, 0.717) is 0 Å². The molecule has 2 N–H and O–H groups in total. The fourth-order valence-corrected chi connectivity index (χ4v) is 2.74. The van der Waals surface area contributed by atoms with Gasteiger partial charge in [-0.3, -0.25) is 0 Å². The number of nitrogens with zero attached hydrogens (tertiary/aromatic N) is 4. The summed E-state index contributed by atoms with van der Waals surface area (Å²) in [5, 5.41) is 13.6. The van der Waals surface area contributed by atoms with E-state index >= 15 is 0 Å². The van der Waals surface area contributed by atoms with Crippen molar-refractivity contribution in [3.63, 3.8) is 0 Å². The van der Waals surface area contributed by atoms with Crippen molar-refractivity contribution in [3.05, 3.63) is 40.7 Å². The molecule has 3 rings (SSSR count). The highest BCUT2D eigenvalue weighted by Crippen LogP contribution is 2.18. The minimum absolute atomic E-state index is 0.826. The first kappa shape index (κ1) is 11.2. The van der Waals surface area contributed by atoms with E-state index in [-0.39, 0.29) is 0 Å². The van der Waals surface area contributed by atoms with Crippen LogP contribution in [0.4, 0.5) is 5.69 Å². The molecule has 1 aromatic carbocycles. The number of anilines is 1. The molecule has 5 nitrogen and oxygen atoms in total. The Morgan fingerprint density at radius 1 is 1.22 bits per heavy atom. The van der Waals surface area contributed by atoms with Crippen molar-refractivity contribution < 1.29 is 0 Å². The van der Waals surface area contributed by atoms with Crippen LogP contribution in [0.3, 0.4) is 0 Å². The number of para-hydroxylation sites is 1. The molecule has 0 aliphatic rings. The molecule has 0 aliphatic heterocycles. The third-order valence-corrected chi connectivity index (χ3v) is 3.81. The maximum absolute atomic E-state index is 5.92. The second-order valence-electron chi connectivity index (χ2n) is 4.14. The third kappa shape index (κ3) is 1.95. The van der Waals surface area contributed by atoms with Crippen molar-refractivity contribution in [2.45, 2.75) is 19.8 Å². The van der Waals surface area contributed by atoms with E-state index in [1.165, 1.54) is 5.56 Å². The van der Waals surface area contributed by atoms with Crippen molar-refractivity contribution in [2.75, 3.05) is 5.73 Å². The minimum Gasteiger partial charge on any atom is -0.399 e. The van der Waals surface area contributed by atoms with E-state index in [2.05, 4.69) is 21.4 Å². The average molecular weight is 259 g/mol. The van der Waals surface area contributed by atoms with Gasteiger partial charge in [0.25, 0.3) is 0 Å². The summed E-state index contributed by atoms with van der Waals surface area (Å²) in [6.07, 6.45) is 1.78. The molecular formula is C12H13N5S. The van der Waals surface area contributed by atoms with Gasteiger partial charge in [0.1, 0.15) is 5.01 Å². The standard InChI is InChI=1S/C12H13N5S/c1-8-14-15-12-17(8)16-11(18-12)7-6-9-4-2-3-5-10(9)13/h2-5H,6-7,13H2,1H3. The number of benzene rings is 1. The van der Waals surface area contributed by atoms with Crippen LogP contribution in [0.25, 0.3) is 4.96 Å². The van der Waals surface area contributed by atoms with Gasteiger partial charge in [0.15, 0.2) is 5.82 Å². The first-order valence-electron chi connectivity index (χ1n) is 5.75. The quantitative estimate of drug-likeness (QED) is 0.729. The maximum atomic E-state index is 5.92. The molecule has 0 radical (unpaired) electrons. The van der Waals surface area contributed by atoms with Gasteiger partial charge in [-0.25, -0.2) is 0 Å². The summed E-state index contributed by atoms with van der Waals surface area (Å²) in [5.74, 6) is 0.826. The van der Waals surface area contributed by atoms with Gasteiger partial charge in [-0.1, -0.05) is 29.5 Å². The van der Waals surface area contributed by atoms with Crippen LogP contribution in [0.15, 0.2) is 24.3 Å². The van der Waals surface area contributed by atoms with Crippen LogP contribution in [0, 0.1) is 6.92 Å². The number of nitrogen functional groups attached to an aromatic ring is 1. The molecule has 18 heavy (non-hydrogen) atoms. The zero-order valence-electron chi connectivity index (χ0n) is 10.00. The minimum atomic E-state index is 0.826. The summed E-state index contributed by atoms with van der Waals surface area (Å²) in [5.41, 5.74) is 7.93. The molecule has 0 aliphatic carbocycles. The number of nitrogens with two attached hydrogens (primary N) is 1. The fraction of sp³-hybridized carbons (Fsp3) is 0.250. The Labute approximate surface area is 108 Å². The second kappa shape index (κ2) is 4.38. The molecule has 0 unspecified atom stereocenters. The van der Waals surface area contributed by atoms with Crippen LogP contribution in [-0.2, 0) is 12.8 Å². The van der Waals surface area contributed by atoms with Gasteiger partial charge < -0.3 is 5.73 Å². The molecule has 6 heteroatoms. The van der Waals surface area contributed by atoms with E-state index in [1.807, 2.05) is 25.1 Å². The van der Waals surface area contributed by atoms with Gasteiger partial charge in [-0.2, -0.15) is 9.61 Å². The lowest BCUT2D eigenvalue weighted by molar-refractivity contribution is 0.834. The zero-order valence-corrected chi connectivity index (χ0v) is 10.8.